The van der Waals surface area contributed by atoms with E-state index in [1.54, 1.807) is 25.4 Å². The van der Waals surface area contributed by atoms with Gasteiger partial charge < -0.3 is 9.84 Å². The fourth-order valence-corrected chi connectivity index (χ4v) is 3.25. The molecular weight excluding hydrogens is 340 g/mol. The maximum atomic E-state index is 9.27. The van der Waals surface area contributed by atoms with Gasteiger partial charge >= 0.3 is 0 Å². The summed E-state index contributed by atoms with van der Waals surface area (Å²) in [6.07, 6.45) is 4.80. The molecule has 7 nitrogen and oxygen atoms in total. The second kappa shape index (κ2) is 6.15. The molecule has 0 radical (unpaired) electrons. The Kier molecular flexibility index (Phi) is 3.82. The number of halogens is 1. The molecular formula is C17H13ClN6O. The van der Waals surface area contributed by atoms with Crippen LogP contribution in [0.2, 0.25) is 5.02 Å². The van der Waals surface area contributed by atoms with Crippen molar-refractivity contribution in [2.45, 2.75) is 25.8 Å². The number of hydrogen-bond acceptors (Lipinski definition) is 7. The summed E-state index contributed by atoms with van der Waals surface area (Å²) in [4.78, 5) is 12.8. The van der Waals surface area contributed by atoms with Gasteiger partial charge in [-0.15, -0.1) is 0 Å². The monoisotopic (exact) mass is 352 g/mol. The zero-order valence-corrected chi connectivity index (χ0v) is 14.1. The lowest BCUT2D eigenvalue weighted by atomic mass is 10.0. The molecule has 3 aromatic rings. The maximum Gasteiger partial charge on any atom is 0.261 e. The number of nitriles is 1. The Morgan fingerprint density at radius 3 is 2.76 bits per heavy atom. The topological polar surface area (TPSA) is 101 Å². The molecule has 124 valence electrons. The molecule has 1 atom stereocenters. The highest BCUT2D eigenvalue weighted by Gasteiger charge is 2.25. The van der Waals surface area contributed by atoms with Gasteiger partial charge in [0.25, 0.3) is 5.89 Å². The lowest BCUT2D eigenvalue weighted by Crippen LogP contribution is -2.21. The molecule has 0 bridgehead atoms. The Morgan fingerprint density at radius 2 is 2.08 bits per heavy atom. The van der Waals surface area contributed by atoms with E-state index in [1.807, 2.05) is 6.07 Å². The summed E-state index contributed by atoms with van der Waals surface area (Å²) in [6, 6.07) is 5.96. The van der Waals surface area contributed by atoms with Crippen LogP contribution in [-0.4, -0.2) is 26.2 Å². The third-order valence-electron chi connectivity index (χ3n) is 4.10. The van der Waals surface area contributed by atoms with E-state index in [9.17, 15) is 5.26 Å². The zero-order chi connectivity index (χ0) is 17.4. The van der Waals surface area contributed by atoms with Crippen LogP contribution in [0, 0.1) is 18.3 Å². The van der Waals surface area contributed by atoms with E-state index in [2.05, 4.69) is 31.5 Å². The lowest BCUT2D eigenvalue weighted by molar-refractivity contribution is 0.425. The minimum atomic E-state index is 0.122. The first-order chi connectivity index (χ1) is 12.1. The van der Waals surface area contributed by atoms with E-state index in [-0.39, 0.29) is 6.04 Å². The lowest BCUT2D eigenvalue weighted by Gasteiger charge is -2.11. The van der Waals surface area contributed by atoms with Crippen LogP contribution in [0.5, 0.6) is 0 Å². The molecule has 0 aliphatic heterocycles. The van der Waals surface area contributed by atoms with Crippen molar-refractivity contribution in [2.75, 3.05) is 5.32 Å². The Balaban J connectivity index is 1.49. The third kappa shape index (κ3) is 3.04. The maximum absolute atomic E-state index is 9.27. The molecule has 0 amide bonds. The SMILES string of the molecule is Cc1noc(-c2cnc(NC3Cc4cc(Cl)cc(C#N)c4C3)nc2)n1. The summed E-state index contributed by atoms with van der Waals surface area (Å²) in [5.41, 5.74) is 3.44. The highest BCUT2D eigenvalue weighted by molar-refractivity contribution is 6.30. The molecule has 1 unspecified atom stereocenters. The zero-order valence-electron chi connectivity index (χ0n) is 13.3. The number of aryl methyl sites for hydroxylation is 1. The van der Waals surface area contributed by atoms with Crippen molar-refractivity contribution in [3.63, 3.8) is 0 Å². The molecule has 1 aromatic carbocycles. The van der Waals surface area contributed by atoms with Gasteiger partial charge in [-0.3, -0.25) is 0 Å². The molecule has 0 spiro atoms. The Hall–Kier alpha value is -2.98. The van der Waals surface area contributed by atoms with Gasteiger partial charge in [0.1, 0.15) is 0 Å². The molecule has 25 heavy (non-hydrogen) atoms. The average molecular weight is 353 g/mol. The van der Waals surface area contributed by atoms with Crippen LogP contribution in [0.4, 0.5) is 5.95 Å². The predicted octanol–water partition coefficient (Wildman–Crippen LogP) is 2.94. The van der Waals surface area contributed by atoms with E-state index in [1.165, 1.54) is 0 Å². The van der Waals surface area contributed by atoms with E-state index in [0.29, 0.717) is 33.8 Å². The second-order valence-corrected chi connectivity index (χ2v) is 6.33. The molecule has 1 aliphatic rings. The Morgan fingerprint density at radius 1 is 1.28 bits per heavy atom. The van der Waals surface area contributed by atoms with E-state index in [0.717, 1.165) is 24.0 Å². The number of aromatic nitrogens is 4. The summed E-state index contributed by atoms with van der Waals surface area (Å²) in [5, 5.41) is 16.9. The van der Waals surface area contributed by atoms with Gasteiger partial charge in [-0.05, 0) is 43.0 Å². The summed E-state index contributed by atoms with van der Waals surface area (Å²) in [6.45, 7) is 1.75. The quantitative estimate of drug-likeness (QED) is 0.773. The van der Waals surface area contributed by atoms with Crippen LogP contribution in [-0.2, 0) is 12.8 Å². The molecule has 1 N–H and O–H groups in total. The van der Waals surface area contributed by atoms with E-state index < -0.39 is 0 Å². The van der Waals surface area contributed by atoms with Crippen LogP contribution >= 0.6 is 11.6 Å². The average Bonchev–Trinajstić information content (AvgIpc) is 3.20. The molecule has 1 aliphatic carbocycles. The largest absolute Gasteiger partial charge is 0.351 e. The van der Waals surface area contributed by atoms with Crippen molar-refractivity contribution in [2.24, 2.45) is 0 Å². The number of rotatable bonds is 3. The van der Waals surface area contributed by atoms with Crippen molar-refractivity contribution in [1.29, 1.82) is 5.26 Å². The smallest absolute Gasteiger partial charge is 0.261 e. The van der Waals surface area contributed by atoms with Gasteiger partial charge in [-0.2, -0.15) is 10.2 Å². The molecule has 4 rings (SSSR count). The highest BCUT2D eigenvalue weighted by atomic mass is 35.5. The normalized spacial score (nSPS) is 15.6. The number of anilines is 1. The number of nitrogens with one attached hydrogen (secondary N) is 1. The van der Waals surface area contributed by atoms with Crippen LogP contribution in [0.3, 0.4) is 0 Å². The molecule has 0 saturated carbocycles. The number of benzene rings is 1. The first kappa shape index (κ1) is 15.5. The summed E-state index contributed by atoms with van der Waals surface area (Å²) < 4.78 is 5.10. The van der Waals surface area contributed by atoms with Crippen molar-refractivity contribution >= 4 is 17.5 Å². The van der Waals surface area contributed by atoms with Crippen molar-refractivity contribution in [3.05, 3.63) is 52.1 Å². The first-order valence-electron chi connectivity index (χ1n) is 7.73. The Labute approximate surface area is 148 Å². The van der Waals surface area contributed by atoms with Crippen LogP contribution in [0.25, 0.3) is 11.5 Å². The van der Waals surface area contributed by atoms with Crippen LogP contribution < -0.4 is 5.32 Å². The predicted molar refractivity (Wildman–Crippen MR) is 91.0 cm³/mol. The van der Waals surface area contributed by atoms with E-state index in [4.69, 9.17) is 16.1 Å². The van der Waals surface area contributed by atoms with Gasteiger partial charge in [0, 0.05) is 23.5 Å². The van der Waals surface area contributed by atoms with Gasteiger partial charge in [-0.25, -0.2) is 9.97 Å². The molecule has 0 saturated heterocycles. The van der Waals surface area contributed by atoms with Gasteiger partial charge in [0.15, 0.2) is 5.82 Å². The van der Waals surface area contributed by atoms with Crippen molar-refractivity contribution in [1.82, 2.24) is 20.1 Å². The minimum absolute atomic E-state index is 0.122. The number of fused-ring (bicyclic) bond motifs is 1. The molecule has 2 aromatic heterocycles. The van der Waals surface area contributed by atoms with Crippen LogP contribution in [0.15, 0.2) is 29.0 Å². The van der Waals surface area contributed by atoms with Crippen molar-refractivity contribution in [3.8, 4) is 17.5 Å². The van der Waals surface area contributed by atoms with Crippen molar-refractivity contribution < 1.29 is 4.52 Å². The van der Waals surface area contributed by atoms with Gasteiger partial charge in [-0.1, -0.05) is 16.8 Å². The van der Waals surface area contributed by atoms with Gasteiger partial charge in [0.05, 0.1) is 17.2 Å². The standard InChI is InChI=1S/C17H13ClN6O/c1-9-22-16(25-24-9)12-7-20-17(21-8-12)23-14-4-10-2-13(18)3-11(6-19)15(10)5-14/h2-3,7-8,14H,4-5H2,1H3,(H,20,21,23). The molecule has 8 heteroatoms. The second-order valence-electron chi connectivity index (χ2n) is 5.89. The summed E-state index contributed by atoms with van der Waals surface area (Å²) in [5.74, 6) is 1.47. The summed E-state index contributed by atoms with van der Waals surface area (Å²) >= 11 is 6.08. The van der Waals surface area contributed by atoms with Gasteiger partial charge in [0.2, 0.25) is 5.95 Å². The number of hydrogen-bond donors (Lipinski definition) is 1. The fourth-order valence-electron chi connectivity index (χ4n) is 3.01. The molecule has 0 fully saturated rings. The Bertz CT molecular complexity index is 976. The number of nitrogens with zero attached hydrogens (tertiary/aromatic N) is 5. The molecule has 2 heterocycles. The summed E-state index contributed by atoms with van der Waals surface area (Å²) in [7, 11) is 0. The first-order valence-corrected chi connectivity index (χ1v) is 8.11. The fraction of sp³-hybridized carbons (Fsp3) is 0.235. The minimum Gasteiger partial charge on any atom is -0.351 e. The highest BCUT2D eigenvalue weighted by Crippen LogP contribution is 2.30. The van der Waals surface area contributed by atoms with Crippen LogP contribution in [0.1, 0.15) is 22.5 Å². The third-order valence-corrected chi connectivity index (χ3v) is 4.32. The van der Waals surface area contributed by atoms with E-state index >= 15 is 0 Å².